The van der Waals surface area contributed by atoms with E-state index in [0.29, 0.717) is 13.1 Å². The molecule has 24 heavy (non-hydrogen) atoms. The van der Waals surface area contributed by atoms with Crippen molar-refractivity contribution in [3.63, 3.8) is 0 Å². The van der Waals surface area contributed by atoms with Gasteiger partial charge >= 0.3 is 0 Å². The second-order valence-electron chi connectivity index (χ2n) is 6.30. The predicted octanol–water partition coefficient (Wildman–Crippen LogP) is 1.44. The molecule has 0 fully saturated rings. The molecule has 2 N–H and O–H groups in total. The Morgan fingerprint density at radius 2 is 2.04 bits per heavy atom. The largest absolute Gasteiger partial charge is 0.349 e. The molecule has 3 heterocycles. The fourth-order valence-corrected chi connectivity index (χ4v) is 2.95. The zero-order chi connectivity index (χ0) is 17.1. The van der Waals surface area contributed by atoms with Gasteiger partial charge in [-0.2, -0.15) is 0 Å². The van der Waals surface area contributed by atoms with Crippen LogP contribution in [0.5, 0.6) is 0 Å². The molecule has 0 unspecified atom stereocenters. The Labute approximate surface area is 142 Å². The van der Waals surface area contributed by atoms with E-state index >= 15 is 0 Å². The van der Waals surface area contributed by atoms with Gasteiger partial charge in [0.25, 0.3) is 0 Å². The molecule has 0 spiro atoms. The van der Waals surface area contributed by atoms with Gasteiger partial charge in [0.05, 0.1) is 13.1 Å². The number of nitrogens with zero attached hydrogens (tertiary/aromatic N) is 4. The van der Waals surface area contributed by atoms with Gasteiger partial charge in [0.2, 0.25) is 5.91 Å². The minimum atomic E-state index is 0.0658. The first kappa shape index (κ1) is 16.4. The summed E-state index contributed by atoms with van der Waals surface area (Å²) in [5.74, 6) is 1.05. The highest BCUT2D eigenvalue weighted by molar-refractivity contribution is 5.78. The zero-order valence-corrected chi connectivity index (χ0v) is 14.2. The molecule has 0 radical (unpaired) electrons. The van der Waals surface area contributed by atoms with Crippen molar-refractivity contribution < 1.29 is 4.79 Å². The number of rotatable bonds is 4. The SMILES string of the molecule is CN(C)C(=O)Cc1cncc(-c2cnc3c(c2)CCCN3CN)c1. The average molecular weight is 325 g/mol. The topological polar surface area (TPSA) is 75.4 Å². The Morgan fingerprint density at radius 3 is 2.79 bits per heavy atom. The Hall–Kier alpha value is -2.47. The number of nitrogens with two attached hydrogens (primary N) is 1. The third-order valence-electron chi connectivity index (χ3n) is 4.32. The zero-order valence-electron chi connectivity index (χ0n) is 14.2. The van der Waals surface area contributed by atoms with Gasteiger partial charge in [-0.3, -0.25) is 9.78 Å². The minimum absolute atomic E-state index is 0.0658. The van der Waals surface area contributed by atoms with Gasteiger partial charge < -0.3 is 15.5 Å². The summed E-state index contributed by atoms with van der Waals surface area (Å²) in [6, 6.07) is 4.18. The quantitative estimate of drug-likeness (QED) is 0.921. The Kier molecular flexibility index (Phi) is 4.76. The number of carbonyl (C=O) groups excluding carboxylic acids is 1. The highest BCUT2D eigenvalue weighted by Gasteiger charge is 2.18. The predicted molar refractivity (Wildman–Crippen MR) is 94.6 cm³/mol. The lowest BCUT2D eigenvalue weighted by Gasteiger charge is -2.28. The van der Waals surface area contributed by atoms with E-state index in [2.05, 4.69) is 20.9 Å². The van der Waals surface area contributed by atoms with Gasteiger partial charge in [-0.05, 0) is 36.1 Å². The average Bonchev–Trinajstić information content (AvgIpc) is 2.60. The summed E-state index contributed by atoms with van der Waals surface area (Å²) in [6.07, 6.45) is 7.88. The van der Waals surface area contributed by atoms with E-state index in [0.717, 1.165) is 41.9 Å². The van der Waals surface area contributed by atoms with Crippen LogP contribution in [-0.4, -0.2) is 48.1 Å². The standard InChI is InChI=1S/C18H23N5O/c1-22(2)17(24)7-13-6-15(10-20-9-13)16-8-14-4-3-5-23(12-19)18(14)21-11-16/h6,8-11H,3-5,7,12,19H2,1-2H3. The lowest BCUT2D eigenvalue weighted by molar-refractivity contribution is -0.127. The van der Waals surface area contributed by atoms with Crippen molar-refractivity contribution >= 4 is 11.7 Å². The molecule has 0 bridgehead atoms. The van der Waals surface area contributed by atoms with Crippen LogP contribution >= 0.6 is 0 Å². The maximum absolute atomic E-state index is 11.9. The Bertz CT molecular complexity index is 744. The molecular formula is C18H23N5O. The number of carbonyl (C=O) groups is 1. The summed E-state index contributed by atoms with van der Waals surface area (Å²) in [5, 5.41) is 0. The summed E-state index contributed by atoms with van der Waals surface area (Å²) in [4.78, 5) is 24.5. The van der Waals surface area contributed by atoms with E-state index < -0.39 is 0 Å². The van der Waals surface area contributed by atoms with E-state index in [-0.39, 0.29) is 5.91 Å². The molecule has 0 aliphatic carbocycles. The van der Waals surface area contributed by atoms with Gasteiger partial charge in [0.15, 0.2) is 0 Å². The number of fused-ring (bicyclic) bond motifs is 1. The van der Waals surface area contributed by atoms with Gasteiger partial charge in [-0.25, -0.2) is 4.98 Å². The molecule has 0 atom stereocenters. The van der Waals surface area contributed by atoms with E-state index in [9.17, 15) is 4.79 Å². The van der Waals surface area contributed by atoms with Crippen molar-refractivity contribution in [3.05, 3.63) is 41.9 Å². The first-order valence-electron chi connectivity index (χ1n) is 8.17. The summed E-state index contributed by atoms with van der Waals surface area (Å²) in [7, 11) is 3.52. The van der Waals surface area contributed by atoms with Crippen molar-refractivity contribution in [3.8, 4) is 11.1 Å². The first-order valence-corrected chi connectivity index (χ1v) is 8.17. The van der Waals surface area contributed by atoms with Crippen molar-refractivity contribution in [1.29, 1.82) is 0 Å². The van der Waals surface area contributed by atoms with Crippen LogP contribution in [0, 0.1) is 0 Å². The molecule has 3 rings (SSSR count). The van der Waals surface area contributed by atoms with Crippen LogP contribution < -0.4 is 10.6 Å². The third kappa shape index (κ3) is 3.38. The van der Waals surface area contributed by atoms with E-state index in [1.54, 1.807) is 25.2 Å². The van der Waals surface area contributed by atoms with Crippen LogP contribution in [0.1, 0.15) is 17.5 Å². The van der Waals surface area contributed by atoms with Crippen LogP contribution in [0.15, 0.2) is 30.7 Å². The lowest BCUT2D eigenvalue weighted by atomic mass is 10.0. The van der Waals surface area contributed by atoms with Crippen LogP contribution in [0.25, 0.3) is 11.1 Å². The molecule has 6 nitrogen and oxygen atoms in total. The van der Waals surface area contributed by atoms with Gasteiger partial charge in [0.1, 0.15) is 5.82 Å². The number of aryl methyl sites for hydroxylation is 1. The molecule has 1 aliphatic rings. The number of anilines is 1. The van der Waals surface area contributed by atoms with Crippen molar-refractivity contribution in [2.75, 3.05) is 32.2 Å². The summed E-state index contributed by atoms with van der Waals surface area (Å²) in [5.41, 5.74) is 9.94. The third-order valence-corrected chi connectivity index (χ3v) is 4.32. The van der Waals surface area contributed by atoms with Gasteiger partial charge in [-0.15, -0.1) is 0 Å². The number of aromatic nitrogens is 2. The lowest BCUT2D eigenvalue weighted by Crippen LogP contribution is -2.35. The van der Waals surface area contributed by atoms with E-state index in [1.807, 2.05) is 18.5 Å². The van der Waals surface area contributed by atoms with Crippen LogP contribution in [-0.2, 0) is 17.6 Å². The van der Waals surface area contributed by atoms with Gasteiger partial charge in [-0.1, -0.05) is 0 Å². The van der Waals surface area contributed by atoms with E-state index in [1.165, 1.54) is 5.56 Å². The molecule has 2 aromatic heterocycles. The summed E-state index contributed by atoms with van der Waals surface area (Å²) < 4.78 is 0. The summed E-state index contributed by atoms with van der Waals surface area (Å²) in [6.45, 7) is 1.45. The number of pyridine rings is 2. The fourth-order valence-electron chi connectivity index (χ4n) is 2.95. The molecule has 6 heteroatoms. The molecule has 2 aromatic rings. The Balaban J connectivity index is 1.88. The number of hydrogen-bond donors (Lipinski definition) is 1. The van der Waals surface area contributed by atoms with Crippen molar-refractivity contribution in [2.45, 2.75) is 19.3 Å². The number of likely N-dealkylation sites (N-methyl/N-ethyl adjacent to an activating group) is 1. The molecule has 0 saturated heterocycles. The maximum atomic E-state index is 11.9. The highest BCUT2D eigenvalue weighted by atomic mass is 16.2. The second-order valence-corrected chi connectivity index (χ2v) is 6.30. The second kappa shape index (κ2) is 6.97. The monoisotopic (exact) mass is 325 g/mol. The molecule has 0 saturated carbocycles. The smallest absolute Gasteiger partial charge is 0.226 e. The molecule has 1 aliphatic heterocycles. The normalized spacial score (nSPS) is 13.5. The van der Waals surface area contributed by atoms with Crippen molar-refractivity contribution in [2.24, 2.45) is 5.73 Å². The molecule has 126 valence electrons. The van der Waals surface area contributed by atoms with E-state index in [4.69, 9.17) is 5.73 Å². The van der Waals surface area contributed by atoms with Crippen LogP contribution in [0.2, 0.25) is 0 Å². The summed E-state index contributed by atoms with van der Waals surface area (Å²) >= 11 is 0. The fraction of sp³-hybridized carbons (Fsp3) is 0.389. The molecule has 0 aromatic carbocycles. The van der Waals surface area contributed by atoms with Crippen LogP contribution in [0.4, 0.5) is 5.82 Å². The number of amides is 1. The maximum Gasteiger partial charge on any atom is 0.226 e. The number of hydrogen-bond acceptors (Lipinski definition) is 5. The minimum Gasteiger partial charge on any atom is -0.349 e. The van der Waals surface area contributed by atoms with Crippen molar-refractivity contribution in [1.82, 2.24) is 14.9 Å². The highest BCUT2D eigenvalue weighted by Crippen LogP contribution is 2.29. The molecular weight excluding hydrogens is 302 g/mol. The van der Waals surface area contributed by atoms with Crippen LogP contribution in [0.3, 0.4) is 0 Å². The van der Waals surface area contributed by atoms with Gasteiger partial charge in [0, 0.05) is 50.4 Å². The first-order chi connectivity index (χ1) is 11.6. The molecule has 1 amide bonds. The Morgan fingerprint density at radius 1 is 1.25 bits per heavy atom.